The van der Waals surface area contributed by atoms with E-state index in [9.17, 15) is 0 Å². The first kappa shape index (κ1) is 39.4. The van der Waals surface area contributed by atoms with Gasteiger partial charge in [0, 0.05) is 16.9 Å². The van der Waals surface area contributed by atoms with E-state index in [1.54, 1.807) is 21.7 Å². The highest BCUT2D eigenvalue weighted by molar-refractivity contribution is 8.03. The average Bonchev–Trinajstić information content (AvgIpc) is 3.24. The van der Waals surface area contributed by atoms with E-state index in [2.05, 4.69) is 77.3 Å². The first-order valence-electron chi connectivity index (χ1n) is 18.9. The second-order valence-corrected chi connectivity index (χ2v) is 14.9. The lowest BCUT2D eigenvalue weighted by atomic mass is 9.95. The first-order chi connectivity index (χ1) is 20.6. The lowest BCUT2D eigenvalue weighted by Crippen LogP contribution is -2.16. The normalized spacial score (nSPS) is 15.7. The average molecular weight is 601 g/mol. The third kappa shape index (κ3) is 18.2. The molecule has 1 unspecified atom stereocenters. The van der Waals surface area contributed by atoms with Crippen LogP contribution in [0, 0.1) is 12.3 Å². The van der Waals surface area contributed by atoms with Crippen LogP contribution < -0.4 is 5.32 Å². The number of hydrogen-bond acceptors (Lipinski definition) is 2. The van der Waals surface area contributed by atoms with Gasteiger partial charge in [-0.2, -0.15) is 13.3 Å². The quantitative estimate of drug-likeness (QED) is 0.0650. The lowest BCUT2D eigenvalue weighted by molar-refractivity contribution is 0.541. The summed E-state index contributed by atoms with van der Waals surface area (Å²) in [6, 6.07) is 0. The standard InChI is InChI=1S/C40H74NS/c1-7-11-15-18-21-23-25-27-31-36-37(32-28-26-22-19-16-12-8-2)40(42-35(5)6)38(33-29-24-20-17-13-9-3)39(36)41-34-30-14-10-4/h10,30,34-35,38,41H,7-9,11-29,31-33H2,1-6H3/q-1/b34-30+. The fraction of sp³-hybridized carbons (Fsp3) is 0.825. The second kappa shape index (κ2) is 27.9. The topological polar surface area (TPSA) is 12.0 Å². The maximum Gasteiger partial charge on any atom is 0.0306 e. The van der Waals surface area contributed by atoms with Crippen LogP contribution >= 0.6 is 11.8 Å². The smallest absolute Gasteiger partial charge is 0.0306 e. The van der Waals surface area contributed by atoms with Gasteiger partial charge < -0.3 is 11.7 Å². The van der Waals surface area contributed by atoms with Gasteiger partial charge in [-0.3, -0.25) is 0 Å². The van der Waals surface area contributed by atoms with E-state index in [0.717, 1.165) is 6.42 Å². The Bertz CT molecular complexity index is 715. The molecule has 1 nitrogen and oxygen atoms in total. The van der Waals surface area contributed by atoms with Crippen molar-refractivity contribution in [2.75, 3.05) is 0 Å². The van der Waals surface area contributed by atoms with Crippen LogP contribution in [-0.4, -0.2) is 5.25 Å². The molecule has 1 atom stereocenters. The number of nitrogens with one attached hydrogen (secondary N) is 1. The predicted molar refractivity (Wildman–Crippen MR) is 195 cm³/mol. The minimum atomic E-state index is 0.586. The highest BCUT2D eigenvalue weighted by atomic mass is 32.2. The molecule has 0 radical (unpaired) electrons. The molecular formula is C40H74NS-. The Morgan fingerprint density at radius 1 is 0.643 bits per heavy atom. The molecule has 1 rings (SSSR count). The van der Waals surface area contributed by atoms with E-state index in [0.29, 0.717) is 11.2 Å². The highest BCUT2D eigenvalue weighted by Gasteiger charge is 2.33. The summed E-state index contributed by atoms with van der Waals surface area (Å²) in [5.74, 6) is 0.586. The van der Waals surface area contributed by atoms with Gasteiger partial charge in [-0.15, -0.1) is 11.8 Å². The number of unbranched alkanes of at least 4 members (excludes halogenated alkanes) is 19. The number of thioether (sulfide) groups is 1. The summed E-state index contributed by atoms with van der Waals surface area (Å²) in [5.41, 5.74) is 5.07. The molecule has 1 aliphatic rings. The predicted octanol–water partition coefficient (Wildman–Crippen LogP) is 14.4. The van der Waals surface area contributed by atoms with Crippen molar-refractivity contribution in [3.63, 3.8) is 0 Å². The Balaban J connectivity index is 3.09. The zero-order valence-corrected chi connectivity index (χ0v) is 30.3. The molecule has 0 amide bonds. The molecule has 1 aliphatic carbocycles. The van der Waals surface area contributed by atoms with Crippen molar-refractivity contribution in [1.29, 1.82) is 0 Å². The van der Waals surface area contributed by atoms with Gasteiger partial charge in [0.05, 0.1) is 0 Å². The maximum absolute atomic E-state index is 3.94. The van der Waals surface area contributed by atoms with Gasteiger partial charge in [0.1, 0.15) is 0 Å². The van der Waals surface area contributed by atoms with Crippen LogP contribution in [0.15, 0.2) is 34.0 Å². The highest BCUT2D eigenvalue weighted by Crippen LogP contribution is 2.49. The molecule has 0 fully saturated rings. The Morgan fingerprint density at radius 2 is 1.10 bits per heavy atom. The van der Waals surface area contributed by atoms with Gasteiger partial charge in [0.2, 0.25) is 0 Å². The Labute approximate surface area is 270 Å². The first-order valence-corrected chi connectivity index (χ1v) is 19.8. The van der Waals surface area contributed by atoms with Crippen molar-refractivity contribution in [3.8, 4) is 0 Å². The van der Waals surface area contributed by atoms with E-state index in [4.69, 9.17) is 0 Å². The van der Waals surface area contributed by atoms with E-state index in [1.165, 1.54) is 154 Å². The fourth-order valence-corrected chi connectivity index (χ4v) is 7.74. The Kier molecular flexibility index (Phi) is 26.2. The zero-order valence-electron chi connectivity index (χ0n) is 29.5. The van der Waals surface area contributed by atoms with Crippen LogP contribution in [0.3, 0.4) is 0 Å². The SMILES string of the molecule is C[CH-]C/C=C/NC1=C(CCCCCCCCCC)C(CCCCCCCCC)=C(SC(C)C)C1CCCCCCCC. The van der Waals surface area contributed by atoms with E-state index in [1.807, 2.05) is 0 Å². The van der Waals surface area contributed by atoms with Gasteiger partial charge in [-0.05, 0) is 54.4 Å². The van der Waals surface area contributed by atoms with E-state index in [-0.39, 0.29) is 0 Å². The van der Waals surface area contributed by atoms with Crippen molar-refractivity contribution in [2.24, 2.45) is 5.92 Å². The van der Waals surface area contributed by atoms with Crippen molar-refractivity contribution in [2.45, 2.75) is 207 Å². The molecule has 42 heavy (non-hydrogen) atoms. The number of rotatable bonds is 30. The fourth-order valence-electron chi connectivity index (χ4n) is 6.47. The molecule has 246 valence electrons. The van der Waals surface area contributed by atoms with E-state index >= 15 is 0 Å². The molecule has 0 spiro atoms. The molecule has 0 saturated heterocycles. The largest absolute Gasteiger partial charge is 0.365 e. The van der Waals surface area contributed by atoms with Crippen LogP contribution in [-0.2, 0) is 0 Å². The van der Waals surface area contributed by atoms with Crippen molar-refractivity contribution in [1.82, 2.24) is 5.32 Å². The van der Waals surface area contributed by atoms with Crippen LogP contribution in [0.2, 0.25) is 0 Å². The number of hydrogen-bond donors (Lipinski definition) is 1. The van der Waals surface area contributed by atoms with Crippen LogP contribution in [0.25, 0.3) is 0 Å². The van der Waals surface area contributed by atoms with Gasteiger partial charge in [0.25, 0.3) is 0 Å². The third-order valence-corrected chi connectivity index (χ3v) is 10.2. The number of allylic oxidation sites excluding steroid dienone is 4. The molecule has 0 bridgehead atoms. The van der Waals surface area contributed by atoms with Crippen LogP contribution in [0.4, 0.5) is 0 Å². The Hall–Kier alpha value is -0.630. The van der Waals surface area contributed by atoms with Gasteiger partial charge in [-0.25, -0.2) is 0 Å². The van der Waals surface area contributed by atoms with Gasteiger partial charge in [-0.1, -0.05) is 163 Å². The monoisotopic (exact) mass is 601 g/mol. The van der Waals surface area contributed by atoms with Crippen molar-refractivity contribution in [3.05, 3.63) is 40.4 Å². The minimum absolute atomic E-state index is 0.586. The molecular weight excluding hydrogens is 527 g/mol. The van der Waals surface area contributed by atoms with Crippen LogP contribution in [0.1, 0.15) is 202 Å². The van der Waals surface area contributed by atoms with Gasteiger partial charge in [0.15, 0.2) is 0 Å². The molecule has 0 heterocycles. The zero-order chi connectivity index (χ0) is 30.7. The molecule has 0 saturated carbocycles. The van der Waals surface area contributed by atoms with Crippen molar-refractivity contribution >= 4 is 11.8 Å². The summed E-state index contributed by atoms with van der Waals surface area (Å²) in [6.45, 7) is 13.9. The molecule has 0 aromatic heterocycles. The summed E-state index contributed by atoms with van der Waals surface area (Å²) in [7, 11) is 0. The molecule has 0 aromatic carbocycles. The summed E-state index contributed by atoms with van der Waals surface area (Å²) < 4.78 is 0. The maximum atomic E-state index is 3.94. The summed E-state index contributed by atoms with van der Waals surface area (Å²) in [5, 5.41) is 4.58. The van der Waals surface area contributed by atoms with Crippen molar-refractivity contribution < 1.29 is 0 Å². The lowest BCUT2D eigenvalue weighted by Gasteiger charge is -2.21. The summed E-state index contributed by atoms with van der Waals surface area (Å²) >= 11 is 2.20. The summed E-state index contributed by atoms with van der Waals surface area (Å²) in [4.78, 5) is 1.75. The molecule has 0 aromatic rings. The second-order valence-electron chi connectivity index (χ2n) is 13.3. The third-order valence-electron chi connectivity index (χ3n) is 8.90. The minimum Gasteiger partial charge on any atom is -0.365 e. The Morgan fingerprint density at radius 3 is 1.57 bits per heavy atom. The summed E-state index contributed by atoms with van der Waals surface area (Å²) in [6.07, 6.45) is 41.0. The van der Waals surface area contributed by atoms with Crippen LogP contribution in [0.5, 0.6) is 0 Å². The molecule has 0 aliphatic heterocycles. The molecule has 1 N–H and O–H groups in total. The van der Waals surface area contributed by atoms with E-state index < -0.39 is 0 Å². The molecule has 2 heteroatoms. The van der Waals surface area contributed by atoms with Gasteiger partial charge >= 0.3 is 0 Å².